The maximum absolute atomic E-state index is 11.5. The van der Waals surface area contributed by atoms with Crippen molar-refractivity contribution < 1.29 is 13.5 Å². The first-order chi connectivity index (χ1) is 6.33. The molecule has 0 spiro atoms. The number of sulfonamides is 1. The topological polar surface area (TPSA) is 57.6 Å². The lowest BCUT2D eigenvalue weighted by molar-refractivity contribution is 0.103. The van der Waals surface area contributed by atoms with Crippen LogP contribution in [-0.2, 0) is 10.0 Å². The van der Waals surface area contributed by atoms with Crippen molar-refractivity contribution in [3.63, 3.8) is 0 Å². The van der Waals surface area contributed by atoms with Gasteiger partial charge in [-0.3, -0.25) is 0 Å². The first kappa shape index (κ1) is 11.9. The van der Waals surface area contributed by atoms with Gasteiger partial charge in [0.25, 0.3) is 0 Å². The van der Waals surface area contributed by atoms with E-state index in [9.17, 15) is 13.5 Å². The molecular formula is C9H19NO3S. The molecule has 0 aromatic carbocycles. The van der Waals surface area contributed by atoms with Crippen LogP contribution in [0, 0.1) is 11.8 Å². The third kappa shape index (κ3) is 2.68. The van der Waals surface area contributed by atoms with E-state index in [0.717, 1.165) is 0 Å². The highest BCUT2D eigenvalue weighted by Crippen LogP contribution is 2.20. The average Bonchev–Trinajstić information content (AvgIpc) is 2.24. The van der Waals surface area contributed by atoms with Gasteiger partial charge in [0, 0.05) is 13.1 Å². The molecule has 1 N–H and O–H groups in total. The first-order valence-corrected chi connectivity index (χ1v) is 6.59. The lowest BCUT2D eigenvalue weighted by Gasteiger charge is -2.21. The summed E-state index contributed by atoms with van der Waals surface area (Å²) in [5.74, 6) is 0.498. The minimum Gasteiger partial charge on any atom is -0.391 e. The highest BCUT2D eigenvalue weighted by molar-refractivity contribution is 7.89. The summed E-state index contributed by atoms with van der Waals surface area (Å²) in [6, 6.07) is 0. The molecule has 1 aliphatic rings. The molecule has 4 nitrogen and oxygen atoms in total. The van der Waals surface area contributed by atoms with Gasteiger partial charge in [0.1, 0.15) is 0 Å². The second-order valence-electron chi connectivity index (χ2n) is 4.51. The molecular weight excluding hydrogens is 202 g/mol. The van der Waals surface area contributed by atoms with Crippen LogP contribution >= 0.6 is 0 Å². The van der Waals surface area contributed by atoms with Crippen molar-refractivity contribution in [2.75, 3.05) is 18.8 Å². The molecule has 1 heterocycles. The minimum absolute atomic E-state index is 0.0982. The highest BCUT2D eigenvalue weighted by Gasteiger charge is 2.34. The SMILES string of the molecule is CC1CN(CC(O)C(C)C)S(=O)(=O)C1. The Labute approximate surface area is 86.0 Å². The molecule has 1 fully saturated rings. The number of nitrogens with zero attached hydrogens (tertiary/aromatic N) is 1. The van der Waals surface area contributed by atoms with Crippen LogP contribution in [0.2, 0.25) is 0 Å². The predicted molar refractivity (Wildman–Crippen MR) is 55.4 cm³/mol. The molecule has 1 rings (SSSR count). The van der Waals surface area contributed by atoms with Crippen LogP contribution in [0.15, 0.2) is 0 Å². The Balaban J connectivity index is 2.62. The Hall–Kier alpha value is -0.130. The standard InChI is InChI=1S/C9H19NO3S/c1-7(2)9(11)5-10-4-8(3)6-14(10,12)13/h7-9,11H,4-6H2,1-3H3. The van der Waals surface area contributed by atoms with E-state index in [-0.39, 0.29) is 24.1 Å². The van der Waals surface area contributed by atoms with Crippen LogP contribution in [0.1, 0.15) is 20.8 Å². The molecule has 2 atom stereocenters. The Kier molecular flexibility index (Phi) is 3.55. The summed E-state index contributed by atoms with van der Waals surface area (Å²) in [6.45, 7) is 6.48. The molecule has 84 valence electrons. The number of β-amino-alcohol motifs (C(OH)–C–C–N with tert-alkyl or cyclic N) is 1. The fraction of sp³-hybridized carbons (Fsp3) is 1.00. The molecule has 1 saturated heterocycles. The third-order valence-electron chi connectivity index (χ3n) is 2.56. The van der Waals surface area contributed by atoms with Crippen LogP contribution in [0.25, 0.3) is 0 Å². The monoisotopic (exact) mass is 221 g/mol. The molecule has 0 aromatic heterocycles. The largest absolute Gasteiger partial charge is 0.391 e. The van der Waals surface area contributed by atoms with Crippen LogP contribution in [0.5, 0.6) is 0 Å². The molecule has 0 aliphatic carbocycles. The van der Waals surface area contributed by atoms with Gasteiger partial charge in [-0.1, -0.05) is 20.8 Å². The molecule has 0 radical (unpaired) electrons. The Morgan fingerprint density at radius 1 is 1.50 bits per heavy atom. The molecule has 0 amide bonds. The third-order valence-corrected chi connectivity index (χ3v) is 4.64. The van der Waals surface area contributed by atoms with E-state index in [1.165, 1.54) is 4.31 Å². The molecule has 0 bridgehead atoms. The summed E-state index contributed by atoms with van der Waals surface area (Å²) in [5, 5.41) is 9.60. The van der Waals surface area contributed by atoms with E-state index >= 15 is 0 Å². The summed E-state index contributed by atoms with van der Waals surface area (Å²) in [7, 11) is -3.09. The fourth-order valence-corrected chi connectivity index (χ4v) is 3.48. The fourth-order valence-electron chi connectivity index (χ4n) is 1.59. The summed E-state index contributed by atoms with van der Waals surface area (Å²) in [6.07, 6.45) is -0.560. The van der Waals surface area contributed by atoms with Crippen molar-refractivity contribution in [2.24, 2.45) is 11.8 Å². The van der Waals surface area contributed by atoms with Gasteiger partial charge in [0.2, 0.25) is 10.0 Å². The van der Waals surface area contributed by atoms with Gasteiger partial charge in [0.05, 0.1) is 11.9 Å². The van der Waals surface area contributed by atoms with Gasteiger partial charge in [-0.05, 0) is 11.8 Å². The van der Waals surface area contributed by atoms with E-state index in [1.54, 1.807) is 0 Å². The second-order valence-corrected chi connectivity index (χ2v) is 6.53. The van der Waals surface area contributed by atoms with Crippen molar-refractivity contribution in [3.8, 4) is 0 Å². The van der Waals surface area contributed by atoms with E-state index < -0.39 is 16.1 Å². The van der Waals surface area contributed by atoms with Crippen molar-refractivity contribution in [1.29, 1.82) is 0 Å². The minimum atomic E-state index is -3.09. The number of aliphatic hydroxyl groups is 1. The Morgan fingerprint density at radius 3 is 2.43 bits per heavy atom. The summed E-state index contributed by atoms with van der Waals surface area (Å²) >= 11 is 0. The van der Waals surface area contributed by atoms with E-state index in [0.29, 0.717) is 6.54 Å². The molecule has 1 aliphatic heterocycles. The first-order valence-electron chi connectivity index (χ1n) is 4.99. The maximum Gasteiger partial charge on any atom is 0.214 e. The van der Waals surface area contributed by atoms with Crippen LogP contribution in [0.4, 0.5) is 0 Å². The lowest BCUT2D eigenvalue weighted by Crippen LogP contribution is -2.36. The smallest absolute Gasteiger partial charge is 0.214 e. The van der Waals surface area contributed by atoms with Crippen LogP contribution in [-0.4, -0.2) is 42.8 Å². The number of aliphatic hydroxyl groups excluding tert-OH is 1. The zero-order chi connectivity index (χ0) is 10.9. The summed E-state index contributed by atoms with van der Waals surface area (Å²) in [4.78, 5) is 0. The van der Waals surface area contributed by atoms with Crippen LogP contribution < -0.4 is 0 Å². The van der Waals surface area contributed by atoms with Crippen molar-refractivity contribution in [1.82, 2.24) is 4.31 Å². The average molecular weight is 221 g/mol. The van der Waals surface area contributed by atoms with E-state index in [1.807, 2.05) is 20.8 Å². The van der Waals surface area contributed by atoms with Gasteiger partial charge in [-0.2, -0.15) is 4.31 Å². The number of hydrogen-bond acceptors (Lipinski definition) is 3. The molecule has 14 heavy (non-hydrogen) atoms. The van der Waals surface area contributed by atoms with Crippen molar-refractivity contribution >= 4 is 10.0 Å². The predicted octanol–water partition coefficient (Wildman–Crippen LogP) is 0.285. The van der Waals surface area contributed by atoms with E-state index in [4.69, 9.17) is 0 Å². The van der Waals surface area contributed by atoms with E-state index in [2.05, 4.69) is 0 Å². The normalized spacial score (nSPS) is 29.6. The van der Waals surface area contributed by atoms with Crippen molar-refractivity contribution in [2.45, 2.75) is 26.9 Å². The van der Waals surface area contributed by atoms with Gasteiger partial charge >= 0.3 is 0 Å². The molecule has 0 aromatic rings. The van der Waals surface area contributed by atoms with Gasteiger partial charge in [0.15, 0.2) is 0 Å². The van der Waals surface area contributed by atoms with Crippen molar-refractivity contribution in [3.05, 3.63) is 0 Å². The number of hydrogen-bond donors (Lipinski definition) is 1. The lowest BCUT2D eigenvalue weighted by atomic mass is 10.1. The van der Waals surface area contributed by atoms with Gasteiger partial charge < -0.3 is 5.11 Å². The molecule has 2 unspecified atom stereocenters. The molecule has 5 heteroatoms. The summed E-state index contributed by atoms with van der Waals surface area (Å²) in [5.41, 5.74) is 0. The maximum atomic E-state index is 11.5. The quantitative estimate of drug-likeness (QED) is 0.745. The Morgan fingerprint density at radius 2 is 2.07 bits per heavy atom. The van der Waals surface area contributed by atoms with Gasteiger partial charge in [-0.15, -0.1) is 0 Å². The number of rotatable bonds is 3. The van der Waals surface area contributed by atoms with Crippen LogP contribution in [0.3, 0.4) is 0 Å². The molecule has 0 saturated carbocycles. The summed E-state index contributed by atoms with van der Waals surface area (Å²) < 4.78 is 24.5. The second kappa shape index (κ2) is 4.16. The Bertz CT molecular complexity index is 286. The zero-order valence-corrected chi connectivity index (χ0v) is 9.79. The highest BCUT2D eigenvalue weighted by atomic mass is 32.2. The zero-order valence-electron chi connectivity index (χ0n) is 8.97. The van der Waals surface area contributed by atoms with Gasteiger partial charge in [-0.25, -0.2) is 8.42 Å².